The molecule has 1 amide bonds. The SMILES string of the molecule is CN(C1CCCCC1)S(=O)(=O)c1ccc(C(=O)Nc2cccc(-c3nc4ccccc4s3)c2)cc1. The Balaban J connectivity index is 1.30. The van der Waals surface area contributed by atoms with Crippen LogP contribution in [0.25, 0.3) is 20.8 Å². The first-order valence-electron chi connectivity index (χ1n) is 11.8. The molecule has 0 bridgehead atoms. The number of nitrogens with zero attached hydrogens (tertiary/aromatic N) is 2. The van der Waals surface area contributed by atoms with Gasteiger partial charge in [-0.2, -0.15) is 4.31 Å². The fraction of sp³-hybridized carbons (Fsp3) is 0.259. The minimum absolute atomic E-state index is 0.0411. The van der Waals surface area contributed by atoms with Crippen molar-refractivity contribution in [3.63, 3.8) is 0 Å². The average molecular weight is 506 g/mol. The van der Waals surface area contributed by atoms with E-state index in [-0.39, 0.29) is 16.8 Å². The van der Waals surface area contributed by atoms with Crippen LogP contribution in [0.1, 0.15) is 42.5 Å². The minimum Gasteiger partial charge on any atom is -0.322 e. The minimum atomic E-state index is -3.59. The van der Waals surface area contributed by atoms with Crippen LogP contribution in [0.4, 0.5) is 5.69 Å². The molecular formula is C27H27N3O3S2. The molecular weight excluding hydrogens is 478 g/mol. The van der Waals surface area contributed by atoms with Crippen molar-refractivity contribution >= 4 is 43.2 Å². The number of fused-ring (bicyclic) bond motifs is 1. The van der Waals surface area contributed by atoms with Crippen LogP contribution in [0.15, 0.2) is 77.7 Å². The van der Waals surface area contributed by atoms with Crippen LogP contribution in [0.5, 0.6) is 0 Å². The van der Waals surface area contributed by atoms with E-state index in [1.54, 1.807) is 30.5 Å². The van der Waals surface area contributed by atoms with Gasteiger partial charge in [0.2, 0.25) is 10.0 Å². The number of amides is 1. The van der Waals surface area contributed by atoms with Gasteiger partial charge >= 0.3 is 0 Å². The lowest BCUT2D eigenvalue weighted by Gasteiger charge is -2.30. The third-order valence-electron chi connectivity index (χ3n) is 6.54. The maximum atomic E-state index is 13.1. The largest absolute Gasteiger partial charge is 0.322 e. The van der Waals surface area contributed by atoms with E-state index >= 15 is 0 Å². The highest BCUT2D eigenvalue weighted by Crippen LogP contribution is 2.31. The molecule has 0 aliphatic heterocycles. The average Bonchev–Trinajstić information content (AvgIpc) is 3.33. The Bertz CT molecular complexity index is 1420. The van der Waals surface area contributed by atoms with Gasteiger partial charge in [0.25, 0.3) is 5.91 Å². The van der Waals surface area contributed by atoms with Gasteiger partial charge in [-0.1, -0.05) is 43.5 Å². The highest BCUT2D eigenvalue weighted by Gasteiger charge is 2.29. The number of aromatic nitrogens is 1. The maximum absolute atomic E-state index is 13.1. The van der Waals surface area contributed by atoms with Gasteiger partial charge in [0.1, 0.15) is 5.01 Å². The van der Waals surface area contributed by atoms with E-state index in [4.69, 9.17) is 0 Å². The van der Waals surface area contributed by atoms with Gasteiger partial charge < -0.3 is 5.32 Å². The summed E-state index contributed by atoms with van der Waals surface area (Å²) in [5, 5.41) is 3.80. The highest BCUT2D eigenvalue weighted by atomic mass is 32.2. The molecule has 0 radical (unpaired) electrons. The van der Waals surface area contributed by atoms with Gasteiger partial charge in [0.05, 0.1) is 15.1 Å². The van der Waals surface area contributed by atoms with Crippen molar-refractivity contribution in [3.05, 3.63) is 78.4 Å². The molecule has 1 N–H and O–H groups in total. The smallest absolute Gasteiger partial charge is 0.255 e. The predicted molar refractivity (Wildman–Crippen MR) is 141 cm³/mol. The van der Waals surface area contributed by atoms with Crippen molar-refractivity contribution in [1.29, 1.82) is 0 Å². The normalized spacial score (nSPS) is 14.9. The van der Waals surface area contributed by atoms with Crippen LogP contribution in [0, 0.1) is 0 Å². The third kappa shape index (κ3) is 5.00. The number of anilines is 1. The fourth-order valence-corrected chi connectivity index (χ4v) is 6.89. The van der Waals surface area contributed by atoms with Crippen molar-refractivity contribution in [1.82, 2.24) is 9.29 Å². The zero-order valence-electron chi connectivity index (χ0n) is 19.5. The van der Waals surface area contributed by atoms with Gasteiger partial charge in [0, 0.05) is 29.9 Å². The fourth-order valence-electron chi connectivity index (χ4n) is 4.51. The molecule has 1 fully saturated rings. The summed E-state index contributed by atoms with van der Waals surface area (Å²) in [5.41, 5.74) is 2.93. The summed E-state index contributed by atoms with van der Waals surface area (Å²) < 4.78 is 28.7. The first-order valence-corrected chi connectivity index (χ1v) is 14.0. The first-order chi connectivity index (χ1) is 16.9. The lowest BCUT2D eigenvalue weighted by atomic mass is 9.96. The summed E-state index contributed by atoms with van der Waals surface area (Å²) in [4.78, 5) is 17.8. The molecule has 5 rings (SSSR count). The Kier molecular flexibility index (Phi) is 6.69. The highest BCUT2D eigenvalue weighted by molar-refractivity contribution is 7.89. The first kappa shape index (κ1) is 23.7. The van der Waals surface area contributed by atoms with Crippen molar-refractivity contribution < 1.29 is 13.2 Å². The number of para-hydroxylation sites is 1. The number of hydrogen-bond acceptors (Lipinski definition) is 5. The zero-order chi connectivity index (χ0) is 24.4. The number of rotatable bonds is 6. The summed E-state index contributed by atoms with van der Waals surface area (Å²) in [6.45, 7) is 0. The molecule has 0 atom stereocenters. The van der Waals surface area contributed by atoms with E-state index in [1.807, 2.05) is 48.5 Å². The summed E-state index contributed by atoms with van der Waals surface area (Å²) in [7, 11) is -1.93. The number of thiazole rings is 1. The molecule has 180 valence electrons. The van der Waals surface area contributed by atoms with Crippen molar-refractivity contribution in [3.8, 4) is 10.6 Å². The van der Waals surface area contributed by atoms with E-state index < -0.39 is 10.0 Å². The molecule has 35 heavy (non-hydrogen) atoms. The molecule has 0 spiro atoms. The summed E-state index contributed by atoms with van der Waals surface area (Å²) >= 11 is 1.61. The van der Waals surface area contributed by atoms with Crippen LogP contribution in [0.3, 0.4) is 0 Å². The van der Waals surface area contributed by atoms with E-state index in [2.05, 4.69) is 10.3 Å². The number of hydrogen-bond donors (Lipinski definition) is 1. The maximum Gasteiger partial charge on any atom is 0.255 e. The molecule has 0 unspecified atom stereocenters. The quantitative estimate of drug-likeness (QED) is 0.340. The number of carbonyl (C=O) groups excluding carboxylic acids is 1. The van der Waals surface area contributed by atoms with E-state index in [1.165, 1.54) is 16.4 Å². The Morgan fingerprint density at radius 3 is 2.46 bits per heavy atom. The summed E-state index contributed by atoms with van der Waals surface area (Å²) in [6.07, 6.45) is 5.07. The molecule has 1 aromatic heterocycles. The Morgan fingerprint density at radius 1 is 0.971 bits per heavy atom. The monoisotopic (exact) mass is 505 g/mol. The lowest BCUT2D eigenvalue weighted by Crippen LogP contribution is -2.38. The molecule has 8 heteroatoms. The summed E-state index contributed by atoms with van der Waals surface area (Å²) in [5.74, 6) is -0.295. The molecule has 3 aromatic carbocycles. The van der Waals surface area contributed by atoms with Crippen LogP contribution in [-0.2, 0) is 10.0 Å². The van der Waals surface area contributed by atoms with Gasteiger partial charge in [-0.15, -0.1) is 11.3 Å². The Hall–Kier alpha value is -3.07. The van der Waals surface area contributed by atoms with Gasteiger partial charge in [-0.05, 0) is 61.4 Å². The molecule has 1 heterocycles. The number of carbonyl (C=O) groups is 1. The molecule has 0 saturated heterocycles. The van der Waals surface area contributed by atoms with Gasteiger partial charge in [0.15, 0.2) is 0 Å². The van der Waals surface area contributed by atoms with Crippen molar-refractivity contribution in [2.45, 2.75) is 43.0 Å². The molecule has 4 aromatic rings. The Labute approximate surface area is 209 Å². The van der Waals surface area contributed by atoms with Crippen LogP contribution in [-0.4, -0.2) is 36.7 Å². The molecule has 1 aliphatic rings. The predicted octanol–water partition coefficient (Wildman–Crippen LogP) is 6.17. The Morgan fingerprint density at radius 2 is 1.71 bits per heavy atom. The van der Waals surface area contributed by atoms with E-state index in [9.17, 15) is 13.2 Å². The number of benzene rings is 3. The van der Waals surface area contributed by atoms with E-state index in [0.29, 0.717) is 11.3 Å². The van der Waals surface area contributed by atoms with Crippen LogP contribution in [0.2, 0.25) is 0 Å². The second-order valence-corrected chi connectivity index (χ2v) is 11.9. The number of sulfonamides is 1. The van der Waals surface area contributed by atoms with Crippen LogP contribution < -0.4 is 5.32 Å². The number of nitrogens with one attached hydrogen (secondary N) is 1. The van der Waals surface area contributed by atoms with Gasteiger partial charge in [-0.3, -0.25) is 4.79 Å². The third-order valence-corrected chi connectivity index (χ3v) is 9.55. The van der Waals surface area contributed by atoms with Crippen LogP contribution >= 0.6 is 11.3 Å². The van der Waals surface area contributed by atoms with E-state index in [0.717, 1.165) is 52.9 Å². The molecule has 1 aliphatic carbocycles. The molecule has 6 nitrogen and oxygen atoms in total. The van der Waals surface area contributed by atoms with Gasteiger partial charge in [-0.25, -0.2) is 13.4 Å². The van der Waals surface area contributed by atoms with Crippen molar-refractivity contribution in [2.75, 3.05) is 12.4 Å². The summed E-state index contributed by atoms with van der Waals surface area (Å²) in [6, 6.07) is 21.8. The zero-order valence-corrected chi connectivity index (χ0v) is 21.1. The van der Waals surface area contributed by atoms with Crippen molar-refractivity contribution in [2.24, 2.45) is 0 Å². The molecule has 1 saturated carbocycles. The lowest BCUT2D eigenvalue weighted by molar-refractivity contribution is 0.102. The topological polar surface area (TPSA) is 79.4 Å². The second kappa shape index (κ2) is 9.89. The second-order valence-electron chi connectivity index (χ2n) is 8.86. The standard InChI is InChI=1S/C27H27N3O3S2/c1-30(22-10-3-2-4-11-22)35(32,33)23-16-14-19(15-17-23)26(31)28-21-9-7-8-20(18-21)27-29-24-12-5-6-13-25(24)34-27/h5-9,12-18,22H,2-4,10-11H2,1H3,(H,28,31).